The van der Waals surface area contributed by atoms with Crippen LogP contribution in [0.4, 0.5) is 0 Å². The van der Waals surface area contributed by atoms with E-state index in [9.17, 15) is 4.79 Å². The first-order valence-corrected chi connectivity index (χ1v) is 5.59. The molecule has 4 nitrogen and oxygen atoms in total. The van der Waals surface area contributed by atoms with Crippen molar-refractivity contribution >= 4 is 17.2 Å². The Kier molecular flexibility index (Phi) is 3.32. The summed E-state index contributed by atoms with van der Waals surface area (Å²) in [6.07, 6.45) is 4.30. The fourth-order valence-electron chi connectivity index (χ4n) is 1.77. The van der Waals surface area contributed by atoms with E-state index in [1.807, 2.05) is 31.2 Å². The summed E-state index contributed by atoms with van der Waals surface area (Å²) in [7, 11) is 1.59. The van der Waals surface area contributed by atoms with Crippen LogP contribution in [0.25, 0.3) is 17.2 Å². The van der Waals surface area contributed by atoms with E-state index in [4.69, 9.17) is 9.15 Å². The van der Waals surface area contributed by atoms with Crippen molar-refractivity contribution in [2.24, 2.45) is 0 Å². The van der Waals surface area contributed by atoms with Crippen molar-refractivity contribution in [2.45, 2.75) is 19.9 Å². The molecule has 2 rings (SSSR count). The lowest BCUT2D eigenvalue weighted by molar-refractivity contribution is 0.341. The highest BCUT2D eigenvalue weighted by molar-refractivity contribution is 5.76. The fourth-order valence-corrected chi connectivity index (χ4v) is 1.77. The van der Waals surface area contributed by atoms with E-state index in [2.05, 4.69) is 0 Å². The first kappa shape index (κ1) is 11.5. The molecule has 0 saturated heterocycles. The van der Waals surface area contributed by atoms with Gasteiger partial charge in [-0.1, -0.05) is 13.0 Å². The highest BCUT2D eigenvalue weighted by Gasteiger charge is 2.07. The second-order valence-corrected chi connectivity index (χ2v) is 3.79. The molecule has 1 aromatic carbocycles. The summed E-state index contributed by atoms with van der Waals surface area (Å²) in [5.74, 6) is -0.297. The van der Waals surface area contributed by atoms with Gasteiger partial charge in [-0.2, -0.15) is 0 Å². The second-order valence-electron chi connectivity index (χ2n) is 3.79. The normalized spacial score (nSPS) is 11.4. The molecule has 0 N–H and O–H groups in total. The summed E-state index contributed by atoms with van der Waals surface area (Å²) in [6, 6.07) is 5.66. The molecule has 0 radical (unpaired) electrons. The standard InChI is InChI=1S/C13H15NO3/c1-3-7-14-11-5-4-10(6-8-16-2)9-12(11)17-13(14)15/h4-6,8-9H,3,7H2,1-2H3. The van der Waals surface area contributed by atoms with Gasteiger partial charge >= 0.3 is 5.76 Å². The molecule has 2 aromatic rings. The topological polar surface area (TPSA) is 44.4 Å². The van der Waals surface area contributed by atoms with Crippen molar-refractivity contribution in [1.29, 1.82) is 0 Å². The molecule has 0 spiro atoms. The number of methoxy groups -OCH3 is 1. The number of fused-ring (bicyclic) bond motifs is 1. The lowest BCUT2D eigenvalue weighted by atomic mass is 10.2. The van der Waals surface area contributed by atoms with Crippen LogP contribution in [0.15, 0.2) is 33.7 Å². The number of aryl methyl sites for hydroxylation is 1. The van der Waals surface area contributed by atoms with Crippen molar-refractivity contribution in [1.82, 2.24) is 4.57 Å². The smallest absolute Gasteiger partial charge is 0.419 e. The van der Waals surface area contributed by atoms with Gasteiger partial charge in [-0.15, -0.1) is 0 Å². The van der Waals surface area contributed by atoms with E-state index < -0.39 is 0 Å². The van der Waals surface area contributed by atoms with Gasteiger partial charge in [0.25, 0.3) is 0 Å². The van der Waals surface area contributed by atoms with Crippen LogP contribution in [0.5, 0.6) is 0 Å². The van der Waals surface area contributed by atoms with Crippen LogP contribution in [0, 0.1) is 0 Å². The molecule has 0 saturated carbocycles. The quantitative estimate of drug-likeness (QED) is 0.762. The third kappa shape index (κ3) is 2.25. The lowest BCUT2D eigenvalue weighted by Gasteiger charge is -1.98. The predicted octanol–water partition coefficient (Wildman–Crippen LogP) is 2.62. The minimum atomic E-state index is -0.297. The number of rotatable bonds is 4. The highest BCUT2D eigenvalue weighted by Crippen LogP contribution is 2.16. The van der Waals surface area contributed by atoms with Gasteiger partial charge in [0.15, 0.2) is 5.58 Å². The molecule has 0 aliphatic rings. The van der Waals surface area contributed by atoms with Crippen LogP contribution < -0.4 is 5.76 Å². The van der Waals surface area contributed by atoms with E-state index in [1.165, 1.54) is 0 Å². The Morgan fingerprint density at radius 3 is 3.00 bits per heavy atom. The van der Waals surface area contributed by atoms with E-state index in [0.29, 0.717) is 12.1 Å². The van der Waals surface area contributed by atoms with Gasteiger partial charge < -0.3 is 9.15 Å². The first-order chi connectivity index (χ1) is 8.26. The highest BCUT2D eigenvalue weighted by atomic mass is 16.5. The van der Waals surface area contributed by atoms with Gasteiger partial charge in [-0.25, -0.2) is 4.79 Å². The van der Waals surface area contributed by atoms with Gasteiger partial charge in [-0.05, 0) is 30.2 Å². The van der Waals surface area contributed by atoms with Gasteiger partial charge in [0.2, 0.25) is 0 Å². The Morgan fingerprint density at radius 2 is 2.29 bits per heavy atom. The van der Waals surface area contributed by atoms with Crippen LogP contribution in [0.1, 0.15) is 18.9 Å². The molecule has 0 aliphatic carbocycles. The molecule has 90 valence electrons. The zero-order valence-corrected chi connectivity index (χ0v) is 9.97. The molecule has 1 heterocycles. The van der Waals surface area contributed by atoms with Gasteiger partial charge in [0, 0.05) is 6.54 Å². The zero-order valence-electron chi connectivity index (χ0n) is 9.97. The van der Waals surface area contributed by atoms with E-state index in [-0.39, 0.29) is 5.76 Å². The van der Waals surface area contributed by atoms with Crippen LogP contribution in [-0.2, 0) is 11.3 Å². The maximum Gasteiger partial charge on any atom is 0.419 e. The number of oxazole rings is 1. The number of benzene rings is 1. The number of nitrogens with zero attached hydrogens (tertiary/aromatic N) is 1. The Labute approximate surface area is 99.1 Å². The van der Waals surface area contributed by atoms with E-state index >= 15 is 0 Å². The summed E-state index contributed by atoms with van der Waals surface area (Å²) >= 11 is 0. The maximum atomic E-state index is 11.6. The Hall–Kier alpha value is -1.97. The SMILES string of the molecule is CCCn1c(=O)oc2cc(C=COC)ccc21. The molecule has 0 aliphatic heterocycles. The van der Waals surface area contributed by atoms with Crippen molar-refractivity contribution in [2.75, 3.05) is 7.11 Å². The van der Waals surface area contributed by atoms with Gasteiger partial charge in [-0.3, -0.25) is 4.57 Å². The zero-order chi connectivity index (χ0) is 12.3. The van der Waals surface area contributed by atoms with Crippen LogP contribution in [0.3, 0.4) is 0 Å². The van der Waals surface area contributed by atoms with E-state index in [0.717, 1.165) is 17.5 Å². The summed E-state index contributed by atoms with van der Waals surface area (Å²) in [5, 5.41) is 0. The fraction of sp³-hybridized carbons (Fsp3) is 0.308. The van der Waals surface area contributed by atoms with Crippen molar-refractivity contribution in [3.8, 4) is 0 Å². The molecule has 0 fully saturated rings. The summed E-state index contributed by atoms with van der Waals surface area (Å²) in [5.41, 5.74) is 2.39. The van der Waals surface area contributed by atoms with Gasteiger partial charge in [0.1, 0.15) is 0 Å². The minimum absolute atomic E-state index is 0.297. The third-order valence-corrected chi connectivity index (χ3v) is 2.54. The molecular formula is C13H15NO3. The average Bonchev–Trinajstić information content (AvgIpc) is 2.63. The second kappa shape index (κ2) is 4.91. The lowest BCUT2D eigenvalue weighted by Crippen LogP contribution is -2.13. The van der Waals surface area contributed by atoms with Crippen molar-refractivity contribution in [3.05, 3.63) is 40.6 Å². The Bertz CT molecular complexity index is 592. The largest absolute Gasteiger partial charge is 0.504 e. The molecule has 0 amide bonds. The van der Waals surface area contributed by atoms with Gasteiger partial charge in [0.05, 0.1) is 18.9 Å². The molecule has 17 heavy (non-hydrogen) atoms. The predicted molar refractivity (Wildman–Crippen MR) is 66.8 cm³/mol. The Morgan fingerprint density at radius 1 is 1.47 bits per heavy atom. The van der Waals surface area contributed by atoms with E-state index in [1.54, 1.807) is 17.9 Å². The summed E-state index contributed by atoms with van der Waals surface area (Å²) in [6.45, 7) is 2.71. The first-order valence-electron chi connectivity index (χ1n) is 5.59. The monoisotopic (exact) mass is 233 g/mol. The van der Waals surface area contributed by atoms with Crippen molar-refractivity contribution in [3.63, 3.8) is 0 Å². The number of hydrogen-bond donors (Lipinski definition) is 0. The molecule has 0 atom stereocenters. The average molecular weight is 233 g/mol. The summed E-state index contributed by atoms with van der Waals surface area (Å²) < 4.78 is 11.7. The Balaban J connectivity index is 2.50. The maximum absolute atomic E-state index is 11.6. The minimum Gasteiger partial charge on any atom is -0.504 e. The third-order valence-electron chi connectivity index (χ3n) is 2.54. The molecular weight excluding hydrogens is 218 g/mol. The van der Waals surface area contributed by atoms with Crippen LogP contribution >= 0.6 is 0 Å². The molecule has 1 aromatic heterocycles. The molecule has 4 heteroatoms. The molecule has 0 unspecified atom stereocenters. The molecule has 0 bridgehead atoms. The van der Waals surface area contributed by atoms with Crippen LogP contribution in [-0.4, -0.2) is 11.7 Å². The van der Waals surface area contributed by atoms with Crippen LogP contribution in [0.2, 0.25) is 0 Å². The number of aromatic nitrogens is 1. The summed E-state index contributed by atoms with van der Waals surface area (Å²) in [4.78, 5) is 11.6. The number of hydrogen-bond acceptors (Lipinski definition) is 3. The van der Waals surface area contributed by atoms with Crippen molar-refractivity contribution < 1.29 is 9.15 Å². The number of ether oxygens (including phenoxy) is 1.